The van der Waals surface area contributed by atoms with Crippen molar-refractivity contribution in [2.45, 2.75) is 13.5 Å². The van der Waals surface area contributed by atoms with Gasteiger partial charge in [0.25, 0.3) is 0 Å². The topological polar surface area (TPSA) is 66.6 Å². The number of nitrogens with two attached hydrogens (primary N) is 1. The minimum Gasteiger partial charge on any atom is -0.478 e. The molecule has 0 saturated heterocycles. The zero-order valence-electron chi connectivity index (χ0n) is 11.9. The summed E-state index contributed by atoms with van der Waals surface area (Å²) in [6.07, 6.45) is 0. The number of rotatable bonds is 4. The molecule has 3 N–H and O–H groups in total. The van der Waals surface area contributed by atoms with E-state index in [1.807, 2.05) is 31.2 Å². The number of nitrogens with zero attached hydrogens (tertiary/aromatic N) is 1. The standard InChI is InChI=1S/C16H17FN2O2/c1-10-4-3-5-11(6-10)9-19(2)15-8-13(17)12(16(20)21)7-14(15)18/h3-8H,9,18H2,1-2H3,(H,20,21). The van der Waals surface area contributed by atoms with Gasteiger partial charge in [0.15, 0.2) is 0 Å². The number of carbonyl (C=O) groups is 1. The van der Waals surface area contributed by atoms with Crippen LogP contribution < -0.4 is 10.6 Å². The molecule has 110 valence electrons. The van der Waals surface area contributed by atoms with Crippen molar-refractivity contribution in [2.24, 2.45) is 0 Å². The SMILES string of the molecule is Cc1cccc(CN(C)c2cc(F)c(C(=O)O)cc2N)c1. The Morgan fingerprint density at radius 2 is 2.05 bits per heavy atom. The molecular weight excluding hydrogens is 271 g/mol. The first kappa shape index (κ1) is 14.8. The summed E-state index contributed by atoms with van der Waals surface area (Å²) in [6.45, 7) is 2.55. The first-order chi connectivity index (χ1) is 9.88. The van der Waals surface area contributed by atoms with E-state index in [9.17, 15) is 9.18 Å². The van der Waals surface area contributed by atoms with Gasteiger partial charge >= 0.3 is 5.97 Å². The largest absolute Gasteiger partial charge is 0.478 e. The second-order valence-electron chi connectivity index (χ2n) is 5.04. The molecule has 0 atom stereocenters. The molecule has 2 aromatic carbocycles. The Balaban J connectivity index is 2.29. The van der Waals surface area contributed by atoms with Crippen molar-refractivity contribution in [1.29, 1.82) is 0 Å². The van der Waals surface area contributed by atoms with E-state index < -0.39 is 17.3 Å². The molecule has 4 nitrogen and oxygen atoms in total. The molecule has 0 aliphatic rings. The number of nitrogen functional groups attached to an aromatic ring is 1. The number of carboxylic acid groups (broad SMARTS) is 1. The van der Waals surface area contributed by atoms with Crippen molar-refractivity contribution in [1.82, 2.24) is 0 Å². The van der Waals surface area contributed by atoms with Crippen molar-refractivity contribution in [2.75, 3.05) is 17.7 Å². The van der Waals surface area contributed by atoms with Crippen molar-refractivity contribution in [3.8, 4) is 0 Å². The number of carboxylic acids is 1. The lowest BCUT2D eigenvalue weighted by Gasteiger charge is -2.22. The third kappa shape index (κ3) is 3.31. The molecule has 0 unspecified atom stereocenters. The van der Waals surface area contributed by atoms with Gasteiger partial charge in [-0.1, -0.05) is 29.8 Å². The number of hydrogen-bond acceptors (Lipinski definition) is 3. The fourth-order valence-electron chi connectivity index (χ4n) is 2.24. The van der Waals surface area contributed by atoms with Gasteiger partial charge < -0.3 is 15.7 Å². The maximum Gasteiger partial charge on any atom is 0.338 e. The van der Waals surface area contributed by atoms with E-state index in [0.29, 0.717) is 12.2 Å². The van der Waals surface area contributed by atoms with Crippen LogP contribution >= 0.6 is 0 Å². The Morgan fingerprint density at radius 1 is 1.33 bits per heavy atom. The smallest absolute Gasteiger partial charge is 0.338 e. The van der Waals surface area contributed by atoms with Crippen molar-refractivity contribution in [3.05, 3.63) is 58.9 Å². The summed E-state index contributed by atoms with van der Waals surface area (Å²) in [6, 6.07) is 10.3. The van der Waals surface area contributed by atoms with Crippen LogP contribution in [0, 0.1) is 12.7 Å². The van der Waals surface area contributed by atoms with Gasteiger partial charge in [0, 0.05) is 19.7 Å². The Hall–Kier alpha value is -2.56. The number of benzene rings is 2. The van der Waals surface area contributed by atoms with Gasteiger partial charge in [-0.15, -0.1) is 0 Å². The average molecular weight is 288 g/mol. The van der Waals surface area contributed by atoms with Crippen LogP contribution in [-0.4, -0.2) is 18.1 Å². The fraction of sp³-hybridized carbons (Fsp3) is 0.188. The molecule has 0 spiro atoms. The predicted molar refractivity (Wildman–Crippen MR) is 81.1 cm³/mol. The zero-order valence-corrected chi connectivity index (χ0v) is 11.9. The fourth-order valence-corrected chi connectivity index (χ4v) is 2.24. The van der Waals surface area contributed by atoms with E-state index in [1.165, 1.54) is 0 Å². The maximum absolute atomic E-state index is 13.8. The number of halogens is 1. The number of hydrogen-bond donors (Lipinski definition) is 2. The lowest BCUT2D eigenvalue weighted by molar-refractivity contribution is 0.0692. The molecule has 2 aromatic rings. The van der Waals surface area contributed by atoms with Crippen molar-refractivity contribution in [3.63, 3.8) is 0 Å². The van der Waals surface area contributed by atoms with Gasteiger partial charge in [-0.25, -0.2) is 9.18 Å². The van der Waals surface area contributed by atoms with E-state index in [0.717, 1.165) is 23.3 Å². The van der Waals surface area contributed by atoms with Crippen LogP contribution in [-0.2, 0) is 6.54 Å². The molecule has 2 rings (SSSR count). The van der Waals surface area contributed by atoms with Gasteiger partial charge in [-0.3, -0.25) is 0 Å². The van der Waals surface area contributed by atoms with Gasteiger partial charge in [-0.2, -0.15) is 0 Å². The predicted octanol–water partition coefficient (Wildman–Crippen LogP) is 3.05. The zero-order chi connectivity index (χ0) is 15.6. The number of aromatic carboxylic acids is 1. The number of anilines is 2. The van der Waals surface area contributed by atoms with Crippen LogP contribution in [0.5, 0.6) is 0 Å². The highest BCUT2D eigenvalue weighted by atomic mass is 19.1. The Kier molecular flexibility index (Phi) is 4.12. The van der Waals surface area contributed by atoms with Crippen LogP contribution in [0.2, 0.25) is 0 Å². The van der Waals surface area contributed by atoms with Crippen LogP contribution in [0.25, 0.3) is 0 Å². The van der Waals surface area contributed by atoms with E-state index in [1.54, 1.807) is 11.9 Å². The van der Waals surface area contributed by atoms with Crippen LogP contribution in [0.4, 0.5) is 15.8 Å². The van der Waals surface area contributed by atoms with E-state index in [-0.39, 0.29) is 5.69 Å². The first-order valence-corrected chi connectivity index (χ1v) is 6.47. The molecule has 0 bridgehead atoms. The average Bonchev–Trinajstić information content (AvgIpc) is 2.40. The maximum atomic E-state index is 13.8. The molecule has 0 heterocycles. The van der Waals surface area contributed by atoms with Crippen molar-refractivity contribution >= 4 is 17.3 Å². The molecular formula is C16H17FN2O2. The van der Waals surface area contributed by atoms with E-state index >= 15 is 0 Å². The molecule has 0 aromatic heterocycles. The second kappa shape index (κ2) is 5.83. The summed E-state index contributed by atoms with van der Waals surface area (Å²) < 4.78 is 13.8. The molecule has 21 heavy (non-hydrogen) atoms. The van der Waals surface area contributed by atoms with E-state index in [2.05, 4.69) is 0 Å². The molecule has 0 radical (unpaired) electrons. The summed E-state index contributed by atoms with van der Waals surface area (Å²) >= 11 is 0. The summed E-state index contributed by atoms with van der Waals surface area (Å²) in [4.78, 5) is 12.7. The van der Waals surface area contributed by atoms with Gasteiger partial charge in [-0.05, 0) is 18.6 Å². The molecule has 5 heteroatoms. The minimum absolute atomic E-state index is 0.240. The highest BCUT2D eigenvalue weighted by molar-refractivity contribution is 5.90. The summed E-state index contributed by atoms with van der Waals surface area (Å²) in [7, 11) is 1.79. The lowest BCUT2D eigenvalue weighted by atomic mass is 10.1. The summed E-state index contributed by atoms with van der Waals surface area (Å²) in [5.74, 6) is -2.12. The number of aryl methyl sites for hydroxylation is 1. The Morgan fingerprint density at radius 3 is 2.67 bits per heavy atom. The highest BCUT2D eigenvalue weighted by Crippen LogP contribution is 2.27. The molecule has 0 aliphatic heterocycles. The third-order valence-corrected chi connectivity index (χ3v) is 3.26. The van der Waals surface area contributed by atoms with Crippen molar-refractivity contribution < 1.29 is 14.3 Å². The monoisotopic (exact) mass is 288 g/mol. The first-order valence-electron chi connectivity index (χ1n) is 6.47. The van der Waals surface area contributed by atoms with Crippen LogP contribution in [0.3, 0.4) is 0 Å². The Labute approximate surface area is 122 Å². The third-order valence-electron chi connectivity index (χ3n) is 3.26. The minimum atomic E-state index is -1.33. The second-order valence-corrected chi connectivity index (χ2v) is 5.04. The highest BCUT2D eigenvalue weighted by Gasteiger charge is 2.16. The summed E-state index contributed by atoms with van der Waals surface area (Å²) in [5, 5.41) is 8.88. The van der Waals surface area contributed by atoms with Crippen LogP contribution in [0.1, 0.15) is 21.5 Å². The van der Waals surface area contributed by atoms with Gasteiger partial charge in [0.05, 0.1) is 16.9 Å². The summed E-state index contributed by atoms with van der Waals surface area (Å²) in [5.41, 5.74) is 8.34. The van der Waals surface area contributed by atoms with E-state index in [4.69, 9.17) is 10.8 Å². The Bertz CT molecular complexity index is 686. The lowest BCUT2D eigenvalue weighted by Crippen LogP contribution is -2.19. The molecule has 0 fully saturated rings. The van der Waals surface area contributed by atoms with Gasteiger partial charge in [0.1, 0.15) is 5.82 Å². The normalized spacial score (nSPS) is 10.4. The molecule has 0 saturated carbocycles. The quantitative estimate of drug-likeness (QED) is 0.849. The van der Waals surface area contributed by atoms with Crippen LogP contribution in [0.15, 0.2) is 36.4 Å². The molecule has 0 amide bonds. The molecule has 0 aliphatic carbocycles. The van der Waals surface area contributed by atoms with Gasteiger partial charge in [0.2, 0.25) is 0 Å².